The maximum absolute atomic E-state index is 12.9. The molecule has 0 radical (unpaired) electrons. The minimum atomic E-state index is -0.723. The summed E-state index contributed by atoms with van der Waals surface area (Å²) in [5, 5.41) is 6.82. The standard InChI is InChI=1S/C21H41N5O3.HI/c1-15-17(26(21(5,6)28-15)19(27)29-20(2,3)4)14-24-18(22-7)23-13-16-9-11-25(8)12-10-16;/h15-17H,9-14H2,1-8H3,(H2,22,23,24);1H. The number of nitrogens with one attached hydrogen (secondary N) is 2. The van der Waals surface area contributed by atoms with Crippen molar-refractivity contribution in [3.63, 3.8) is 0 Å². The minimum Gasteiger partial charge on any atom is -0.444 e. The Morgan fingerprint density at radius 3 is 2.30 bits per heavy atom. The molecule has 30 heavy (non-hydrogen) atoms. The van der Waals surface area contributed by atoms with Crippen LogP contribution in [0.25, 0.3) is 0 Å². The monoisotopic (exact) mass is 539 g/mol. The van der Waals surface area contributed by atoms with Crippen molar-refractivity contribution in [1.29, 1.82) is 0 Å². The molecule has 8 nitrogen and oxygen atoms in total. The smallest absolute Gasteiger partial charge is 0.412 e. The predicted octanol–water partition coefficient (Wildman–Crippen LogP) is 2.87. The Kier molecular flexibility index (Phi) is 10.1. The highest BCUT2D eigenvalue weighted by Gasteiger charge is 2.49. The number of guanidine groups is 1. The van der Waals surface area contributed by atoms with Gasteiger partial charge in [0, 0.05) is 20.1 Å². The van der Waals surface area contributed by atoms with Crippen molar-refractivity contribution in [1.82, 2.24) is 20.4 Å². The van der Waals surface area contributed by atoms with Gasteiger partial charge in [-0.25, -0.2) is 4.79 Å². The number of rotatable bonds is 4. The summed E-state index contributed by atoms with van der Waals surface area (Å²) in [7, 11) is 3.95. The fraction of sp³-hybridized carbons (Fsp3) is 0.905. The van der Waals surface area contributed by atoms with Crippen LogP contribution in [-0.2, 0) is 9.47 Å². The molecule has 9 heteroatoms. The molecular weight excluding hydrogens is 497 g/mol. The summed E-state index contributed by atoms with van der Waals surface area (Å²) in [4.78, 5) is 21.3. The van der Waals surface area contributed by atoms with Gasteiger partial charge in [0.05, 0.1) is 12.1 Å². The van der Waals surface area contributed by atoms with Crippen molar-refractivity contribution in [2.45, 2.75) is 77.9 Å². The van der Waals surface area contributed by atoms with Crippen LogP contribution < -0.4 is 10.6 Å². The summed E-state index contributed by atoms with van der Waals surface area (Å²) in [5.74, 6) is 1.42. The Bertz CT molecular complexity index is 586. The van der Waals surface area contributed by atoms with Gasteiger partial charge in [-0.1, -0.05) is 0 Å². The predicted molar refractivity (Wildman–Crippen MR) is 131 cm³/mol. The molecule has 0 spiro atoms. The maximum atomic E-state index is 12.9. The van der Waals surface area contributed by atoms with E-state index in [9.17, 15) is 4.79 Å². The Labute approximate surface area is 199 Å². The van der Waals surface area contributed by atoms with Crippen molar-refractivity contribution in [2.24, 2.45) is 10.9 Å². The Hall–Kier alpha value is -0.810. The van der Waals surface area contributed by atoms with E-state index in [-0.39, 0.29) is 42.2 Å². The van der Waals surface area contributed by atoms with Gasteiger partial charge in [-0.15, -0.1) is 24.0 Å². The third kappa shape index (κ3) is 7.71. The van der Waals surface area contributed by atoms with E-state index in [0.29, 0.717) is 12.5 Å². The van der Waals surface area contributed by atoms with E-state index in [1.54, 1.807) is 11.9 Å². The molecule has 0 aromatic carbocycles. The van der Waals surface area contributed by atoms with E-state index in [1.807, 2.05) is 41.5 Å². The molecule has 0 aliphatic carbocycles. The van der Waals surface area contributed by atoms with Gasteiger partial charge in [-0.2, -0.15) is 0 Å². The zero-order valence-electron chi connectivity index (χ0n) is 19.9. The summed E-state index contributed by atoms with van der Waals surface area (Å²) >= 11 is 0. The number of aliphatic imine (C=N–C) groups is 1. The number of carbonyl (C=O) groups is 1. The van der Waals surface area contributed by atoms with Crippen LogP contribution in [0, 0.1) is 5.92 Å². The van der Waals surface area contributed by atoms with Crippen LogP contribution in [0.5, 0.6) is 0 Å². The van der Waals surface area contributed by atoms with E-state index in [0.717, 1.165) is 25.6 Å². The number of ether oxygens (including phenoxy) is 2. The number of halogens is 1. The van der Waals surface area contributed by atoms with Crippen LogP contribution in [0.2, 0.25) is 0 Å². The molecule has 176 valence electrons. The van der Waals surface area contributed by atoms with Gasteiger partial charge in [-0.3, -0.25) is 9.89 Å². The van der Waals surface area contributed by atoms with Crippen LogP contribution >= 0.6 is 24.0 Å². The highest BCUT2D eigenvalue weighted by Crippen LogP contribution is 2.33. The highest BCUT2D eigenvalue weighted by atomic mass is 127. The highest BCUT2D eigenvalue weighted by molar-refractivity contribution is 14.0. The molecule has 2 atom stereocenters. The van der Waals surface area contributed by atoms with Gasteiger partial charge in [0.15, 0.2) is 5.96 Å². The lowest BCUT2D eigenvalue weighted by atomic mass is 9.97. The lowest BCUT2D eigenvalue weighted by Crippen LogP contribution is -2.54. The SMILES string of the molecule is CN=C(NCC1CCN(C)CC1)NCC1C(C)OC(C)(C)N1C(=O)OC(C)(C)C.I. The summed E-state index contributed by atoms with van der Waals surface area (Å²) in [6.45, 7) is 15.2. The van der Waals surface area contributed by atoms with Crippen LogP contribution in [0.1, 0.15) is 54.4 Å². The topological polar surface area (TPSA) is 78.4 Å². The van der Waals surface area contributed by atoms with E-state index >= 15 is 0 Å². The summed E-state index contributed by atoms with van der Waals surface area (Å²) < 4.78 is 11.7. The summed E-state index contributed by atoms with van der Waals surface area (Å²) in [6.07, 6.45) is 1.94. The van der Waals surface area contributed by atoms with Gasteiger partial charge in [-0.05, 0) is 80.4 Å². The van der Waals surface area contributed by atoms with E-state index in [2.05, 4.69) is 27.6 Å². The van der Waals surface area contributed by atoms with E-state index in [4.69, 9.17) is 9.47 Å². The fourth-order valence-electron chi connectivity index (χ4n) is 4.05. The molecule has 0 aromatic heterocycles. The molecule has 0 saturated carbocycles. The van der Waals surface area contributed by atoms with Gasteiger partial charge in [0.25, 0.3) is 0 Å². The first kappa shape index (κ1) is 27.2. The van der Waals surface area contributed by atoms with E-state index < -0.39 is 11.3 Å². The zero-order valence-corrected chi connectivity index (χ0v) is 22.3. The first-order valence-electron chi connectivity index (χ1n) is 10.8. The number of likely N-dealkylation sites (tertiary alicyclic amines) is 1. The van der Waals surface area contributed by atoms with Crippen molar-refractivity contribution in [2.75, 3.05) is 40.3 Å². The normalized spacial score (nSPS) is 25.6. The zero-order chi connectivity index (χ0) is 21.8. The number of hydrogen-bond acceptors (Lipinski definition) is 5. The Morgan fingerprint density at radius 2 is 1.77 bits per heavy atom. The molecule has 1 amide bonds. The largest absolute Gasteiger partial charge is 0.444 e. The van der Waals surface area contributed by atoms with Crippen LogP contribution in [0.4, 0.5) is 4.79 Å². The third-order valence-electron chi connectivity index (χ3n) is 5.62. The van der Waals surface area contributed by atoms with Crippen molar-refractivity contribution in [3.05, 3.63) is 0 Å². The van der Waals surface area contributed by atoms with Crippen LogP contribution in [0.15, 0.2) is 4.99 Å². The number of piperidine rings is 1. The number of hydrogen-bond donors (Lipinski definition) is 2. The van der Waals surface area contributed by atoms with Crippen molar-refractivity contribution < 1.29 is 14.3 Å². The second-order valence-electron chi connectivity index (χ2n) is 9.77. The molecule has 2 unspecified atom stereocenters. The molecule has 2 N–H and O–H groups in total. The molecule has 2 aliphatic rings. The minimum absolute atomic E-state index is 0. The van der Waals surface area contributed by atoms with Crippen LogP contribution in [-0.4, -0.2) is 85.6 Å². The lowest BCUT2D eigenvalue weighted by Gasteiger charge is -2.35. The lowest BCUT2D eigenvalue weighted by molar-refractivity contribution is -0.0755. The second-order valence-corrected chi connectivity index (χ2v) is 9.77. The average molecular weight is 540 g/mol. The van der Waals surface area contributed by atoms with Gasteiger partial charge >= 0.3 is 6.09 Å². The molecule has 0 bridgehead atoms. The Balaban J connectivity index is 0.00000450. The number of amides is 1. The molecular formula is C21H42IN5O3. The molecule has 2 rings (SSSR count). The third-order valence-corrected chi connectivity index (χ3v) is 5.62. The quantitative estimate of drug-likeness (QED) is 0.325. The molecule has 2 aliphatic heterocycles. The summed E-state index contributed by atoms with van der Waals surface area (Å²) in [6, 6.07) is -0.151. The van der Waals surface area contributed by atoms with Gasteiger partial charge in [0.2, 0.25) is 0 Å². The average Bonchev–Trinajstić information content (AvgIpc) is 2.83. The Morgan fingerprint density at radius 1 is 1.20 bits per heavy atom. The fourth-order valence-corrected chi connectivity index (χ4v) is 4.05. The van der Waals surface area contributed by atoms with Crippen LogP contribution in [0.3, 0.4) is 0 Å². The molecule has 2 heterocycles. The van der Waals surface area contributed by atoms with E-state index in [1.165, 1.54) is 12.8 Å². The van der Waals surface area contributed by atoms with Crippen molar-refractivity contribution in [3.8, 4) is 0 Å². The first-order chi connectivity index (χ1) is 13.4. The first-order valence-corrected chi connectivity index (χ1v) is 10.8. The second kappa shape index (κ2) is 11.2. The van der Waals surface area contributed by atoms with Gasteiger partial charge in [0.1, 0.15) is 11.3 Å². The maximum Gasteiger partial charge on any atom is 0.412 e. The number of carbonyl (C=O) groups excluding carboxylic acids is 1. The number of nitrogens with zero attached hydrogens (tertiary/aromatic N) is 3. The van der Waals surface area contributed by atoms with Gasteiger partial charge < -0.3 is 25.0 Å². The summed E-state index contributed by atoms with van der Waals surface area (Å²) in [5.41, 5.74) is -1.28. The molecule has 2 fully saturated rings. The molecule has 0 aromatic rings. The molecule has 2 saturated heterocycles. The van der Waals surface area contributed by atoms with Crippen molar-refractivity contribution >= 4 is 36.0 Å².